The quantitative estimate of drug-likeness (QED) is 0.492. The molecule has 3 N–H and O–H groups in total. The maximum absolute atomic E-state index is 13.2. The number of piperazine rings is 1. The number of aromatic nitrogens is 1. The summed E-state index contributed by atoms with van der Waals surface area (Å²) in [5, 5.41) is 20.2. The van der Waals surface area contributed by atoms with Gasteiger partial charge in [-0.05, 0) is 43.5 Å². The molecule has 2 heterocycles. The summed E-state index contributed by atoms with van der Waals surface area (Å²) in [4.78, 5) is 33.3. The summed E-state index contributed by atoms with van der Waals surface area (Å²) >= 11 is 0. The second-order valence-corrected chi connectivity index (χ2v) is 8.36. The van der Waals surface area contributed by atoms with E-state index in [9.17, 15) is 14.7 Å². The SMILES string of the molecule is CC(C)CC(C(=O)N1CCN(c2ccc3ncccc3c2)C[C@H]1C)C(O)C(=O)NO. The average molecular weight is 415 g/mol. The Balaban J connectivity index is 1.73. The van der Waals surface area contributed by atoms with E-state index < -0.39 is 17.9 Å². The number of anilines is 1. The normalized spacial score (nSPS) is 19.1. The van der Waals surface area contributed by atoms with Gasteiger partial charge in [0.2, 0.25) is 5.91 Å². The number of amides is 2. The van der Waals surface area contributed by atoms with Crippen molar-refractivity contribution in [1.29, 1.82) is 0 Å². The van der Waals surface area contributed by atoms with Crippen molar-refractivity contribution in [3.63, 3.8) is 0 Å². The molecule has 1 aromatic carbocycles. The molecule has 1 fully saturated rings. The predicted octanol–water partition coefficient (Wildman–Crippen LogP) is 1.80. The first-order valence-electron chi connectivity index (χ1n) is 10.3. The minimum absolute atomic E-state index is 0.0881. The fourth-order valence-corrected chi connectivity index (χ4v) is 4.11. The zero-order chi connectivity index (χ0) is 21.8. The van der Waals surface area contributed by atoms with Crippen molar-refractivity contribution < 1.29 is 19.9 Å². The number of aliphatic hydroxyl groups excluding tert-OH is 1. The average Bonchev–Trinajstić information content (AvgIpc) is 2.75. The molecule has 1 aromatic heterocycles. The Morgan fingerprint density at radius 2 is 2.03 bits per heavy atom. The third-order valence-electron chi connectivity index (χ3n) is 5.66. The van der Waals surface area contributed by atoms with Crippen molar-refractivity contribution in [3.05, 3.63) is 36.5 Å². The topological polar surface area (TPSA) is 106 Å². The first kappa shape index (κ1) is 22.0. The number of hydrogen-bond donors (Lipinski definition) is 3. The minimum atomic E-state index is -1.58. The van der Waals surface area contributed by atoms with Crippen LogP contribution in [0.15, 0.2) is 36.5 Å². The van der Waals surface area contributed by atoms with Crippen LogP contribution in [0.5, 0.6) is 0 Å². The molecule has 0 spiro atoms. The van der Waals surface area contributed by atoms with Gasteiger partial charge in [-0.15, -0.1) is 0 Å². The van der Waals surface area contributed by atoms with Crippen molar-refractivity contribution in [1.82, 2.24) is 15.4 Å². The lowest BCUT2D eigenvalue weighted by molar-refractivity contribution is -0.152. The van der Waals surface area contributed by atoms with Crippen LogP contribution in [0, 0.1) is 11.8 Å². The van der Waals surface area contributed by atoms with Crippen LogP contribution in [0.25, 0.3) is 10.9 Å². The molecule has 0 radical (unpaired) electrons. The lowest BCUT2D eigenvalue weighted by Crippen LogP contribution is -2.57. The molecule has 1 saturated heterocycles. The van der Waals surface area contributed by atoms with E-state index in [0.29, 0.717) is 26.1 Å². The molecule has 0 aliphatic carbocycles. The standard InChI is InChI=1S/C22H30N4O4/c1-14(2)11-18(20(27)21(28)24-30)22(29)26-10-9-25(13-15(26)3)17-6-7-19-16(12-17)5-4-8-23-19/h4-8,12,14-15,18,20,27,30H,9-11,13H2,1-3H3,(H,24,28)/t15-,18?,20?/m1/s1. The van der Waals surface area contributed by atoms with Gasteiger partial charge in [0.25, 0.3) is 5.91 Å². The number of pyridine rings is 1. The van der Waals surface area contributed by atoms with E-state index in [1.54, 1.807) is 11.1 Å². The summed E-state index contributed by atoms with van der Waals surface area (Å²) < 4.78 is 0. The summed E-state index contributed by atoms with van der Waals surface area (Å²) in [6.07, 6.45) is 0.550. The van der Waals surface area contributed by atoms with E-state index in [0.717, 1.165) is 16.6 Å². The highest BCUT2D eigenvalue weighted by Crippen LogP contribution is 2.26. The molecule has 3 rings (SSSR count). The van der Waals surface area contributed by atoms with Gasteiger partial charge in [-0.2, -0.15) is 0 Å². The second-order valence-electron chi connectivity index (χ2n) is 8.36. The second kappa shape index (κ2) is 9.40. The number of carbonyl (C=O) groups excluding carboxylic acids is 2. The Labute approximate surface area is 176 Å². The monoisotopic (exact) mass is 414 g/mol. The molecule has 8 nitrogen and oxygen atoms in total. The molecule has 0 bridgehead atoms. The lowest BCUT2D eigenvalue weighted by Gasteiger charge is -2.42. The Morgan fingerprint density at radius 1 is 1.27 bits per heavy atom. The third-order valence-corrected chi connectivity index (χ3v) is 5.66. The van der Waals surface area contributed by atoms with Gasteiger partial charge in [0.1, 0.15) is 6.10 Å². The minimum Gasteiger partial charge on any atom is -0.382 e. The van der Waals surface area contributed by atoms with Crippen molar-refractivity contribution >= 4 is 28.4 Å². The van der Waals surface area contributed by atoms with Gasteiger partial charge < -0.3 is 14.9 Å². The van der Waals surface area contributed by atoms with E-state index in [1.165, 1.54) is 5.48 Å². The van der Waals surface area contributed by atoms with Gasteiger partial charge in [0.05, 0.1) is 11.4 Å². The Bertz CT molecular complexity index is 904. The number of nitrogens with one attached hydrogen (secondary N) is 1. The fourth-order valence-electron chi connectivity index (χ4n) is 4.11. The van der Waals surface area contributed by atoms with E-state index >= 15 is 0 Å². The molecule has 2 aromatic rings. The number of hydrogen-bond acceptors (Lipinski definition) is 6. The lowest BCUT2D eigenvalue weighted by atomic mass is 9.89. The highest BCUT2D eigenvalue weighted by Gasteiger charge is 2.38. The van der Waals surface area contributed by atoms with Crippen LogP contribution < -0.4 is 10.4 Å². The van der Waals surface area contributed by atoms with Crippen LogP contribution in [0.4, 0.5) is 5.69 Å². The van der Waals surface area contributed by atoms with Crippen molar-refractivity contribution in [3.8, 4) is 0 Å². The smallest absolute Gasteiger partial charge is 0.272 e. The maximum atomic E-state index is 13.2. The van der Waals surface area contributed by atoms with Gasteiger partial charge >= 0.3 is 0 Å². The summed E-state index contributed by atoms with van der Waals surface area (Å²) in [6, 6.07) is 9.98. The number of nitrogens with zero attached hydrogens (tertiary/aromatic N) is 3. The van der Waals surface area contributed by atoms with E-state index in [2.05, 4.69) is 16.0 Å². The molecule has 8 heteroatoms. The first-order valence-corrected chi connectivity index (χ1v) is 10.3. The molecular weight excluding hydrogens is 384 g/mol. The molecule has 2 unspecified atom stereocenters. The van der Waals surface area contributed by atoms with Crippen LogP contribution >= 0.6 is 0 Å². The molecule has 0 saturated carbocycles. The number of carbonyl (C=O) groups is 2. The van der Waals surface area contributed by atoms with Gasteiger partial charge in [-0.25, -0.2) is 5.48 Å². The van der Waals surface area contributed by atoms with Crippen LogP contribution in [-0.2, 0) is 9.59 Å². The molecular formula is C22H30N4O4. The van der Waals surface area contributed by atoms with Crippen LogP contribution in [-0.4, -0.2) is 63.8 Å². The Kier molecular flexibility index (Phi) is 6.89. The highest BCUT2D eigenvalue weighted by molar-refractivity contribution is 5.89. The number of fused-ring (bicyclic) bond motifs is 1. The Morgan fingerprint density at radius 3 is 2.70 bits per heavy atom. The number of rotatable bonds is 6. The van der Waals surface area contributed by atoms with Crippen LogP contribution in [0.2, 0.25) is 0 Å². The molecule has 2 amide bonds. The molecule has 3 atom stereocenters. The molecule has 30 heavy (non-hydrogen) atoms. The van der Waals surface area contributed by atoms with E-state index in [1.807, 2.05) is 45.0 Å². The van der Waals surface area contributed by atoms with Crippen molar-refractivity contribution in [2.75, 3.05) is 24.5 Å². The predicted molar refractivity (Wildman–Crippen MR) is 114 cm³/mol. The molecule has 1 aliphatic heterocycles. The number of benzene rings is 1. The summed E-state index contributed by atoms with van der Waals surface area (Å²) in [5.74, 6) is -1.99. The van der Waals surface area contributed by atoms with Gasteiger partial charge in [-0.1, -0.05) is 19.9 Å². The molecule has 162 valence electrons. The first-order chi connectivity index (χ1) is 14.3. The highest BCUT2D eigenvalue weighted by atomic mass is 16.5. The van der Waals surface area contributed by atoms with E-state index in [4.69, 9.17) is 5.21 Å². The maximum Gasteiger partial charge on any atom is 0.272 e. The van der Waals surface area contributed by atoms with Gasteiger partial charge in [-0.3, -0.25) is 19.8 Å². The van der Waals surface area contributed by atoms with Crippen LogP contribution in [0.3, 0.4) is 0 Å². The van der Waals surface area contributed by atoms with Crippen molar-refractivity contribution in [2.45, 2.75) is 39.3 Å². The van der Waals surface area contributed by atoms with Crippen LogP contribution in [0.1, 0.15) is 27.2 Å². The number of aliphatic hydroxyl groups is 1. The zero-order valence-corrected chi connectivity index (χ0v) is 17.7. The Hall–Kier alpha value is -2.71. The molecule has 1 aliphatic rings. The summed E-state index contributed by atoms with van der Waals surface area (Å²) in [5.41, 5.74) is 3.47. The fraction of sp³-hybridized carbons (Fsp3) is 0.500. The van der Waals surface area contributed by atoms with E-state index in [-0.39, 0.29) is 17.9 Å². The number of hydroxylamine groups is 1. The largest absolute Gasteiger partial charge is 0.382 e. The summed E-state index contributed by atoms with van der Waals surface area (Å²) in [7, 11) is 0. The summed E-state index contributed by atoms with van der Waals surface area (Å²) in [6.45, 7) is 7.62. The van der Waals surface area contributed by atoms with Crippen molar-refractivity contribution in [2.24, 2.45) is 11.8 Å². The third kappa shape index (κ3) is 4.71. The van der Waals surface area contributed by atoms with Gasteiger partial charge in [0.15, 0.2) is 0 Å². The zero-order valence-electron chi connectivity index (χ0n) is 17.7. The van der Waals surface area contributed by atoms with Gasteiger partial charge in [0, 0.05) is 42.9 Å².